The summed E-state index contributed by atoms with van der Waals surface area (Å²) in [7, 11) is -7.15. The Balaban J connectivity index is 1.95. The van der Waals surface area contributed by atoms with Gasteiger partial charge in [0.1, 0.15) is 0 Å². The van der Waals surface area contributed by atoms with Gasteiger partial charge in [0.05, 0.1) is 16.3 Å². The van der Waals surface area contributed by atoms with Gasteiger partial charge < -0.3 is 0 Å². The molecule has 0 saturated heterocycles. The third kappa shape index (κ3) is 3.76. The van der Waals surface area contributed by atoms with Gasteiger partial charge in [-0.25, -0.2) is 16.8 Å². The molecule has 1 aliphatic rings. The van der Waals surface area contributed by atoms with Crippen molar-refractivity contribution in [3.63, 3.8) is 0 Å². The monoisotopic (exact) mass is 392 g/mol. The largest absolute Gasteiger partial charge is 0.283 e. The van der Waals surface area contributed by atoms with E-state index in [9.17, 15) is 16.8 Å². The summed E-state index contributed by atoms with van der Waals surface area (Å²) < 4.78 is 53.6. The predicted octanol–water partition coefficient (Wildman–Crippen LogP) is 2.76. The topological polar surface area (TPSA) is 83.6 Å². The average Bonchev–Trinajstić information content (AvgIpc) is 2.61. The van der Waals surface area contributed by atoms with E-state index in [-0.39, 0.29) is 10.6 Å². The second-order valence-corrected chi connectivity index (χ2v) is 9.64. The third-order valence-electron chi connectivity index (χ3n) is 4.10. The van der Waals surface area contributed by atoms with Crippen LogP contribution in [0.25, 0.3) is 0 Å². The van der Waals surface area contributed by atoms with E-state index in [1.54, 1.807) is 48.5 Å². The fourth-order valence-electron chi connectivity index (χ4n) is 2.97. The fraction of sp³-hybridized carbons (Fsp3) is 0.222. The Bertz CT molecular complexity index is 1020. The van der Waals surface area contributed by atoms with Crippen molar-refractivity contribution < 1.29 is 16.8 Å². The van der Waals surface area contributed by atoms with E-state index < -0.39 is 20.0 Å². The van der Waals surface area contributed by atoms with E-state index in [0.717, 1.165) is 5.56 Å². The molecule has 0 bridgehead atoms. The molecule has 1 N–H and O–H groups in total. The van der Waals surface area contributed by atoms with Crippen molar-refractivity contribution in [1.29, 1.82) is 0 Å². The third-order valence-corrected chi connectivity index (χ3v) is 7.15. The van der Waals surface area contributed by atoms with Crippen LogP contribution < -0.4 is 9.03 Å². The van der Waals surface area contributed by atoms with Gasteiger partial charge in [0.25, 0.3) is 10.0 Å². The smallest absolute Gasteiger partial charge is 0.264 e. The van der Waals surface area contributed by atoms with Crippen LogP contribution >= 0.6 is 0 Å². The molecule has 3 rings (SSSR count). The molecule has 1 aliphatic heterocycles. The Kier molecular flexibility index (Phi) is 5.06. The van der Waals surface area contributed by atoms with Gasteiger partial charge in [0, 0.05) is 12.2 Å². The highest BCUT2D eigenvalue weighted by atomic mass is 32.2. The van der Waals surface area contributed by atoms with Crippen LogP contribution in [0.1, 0.15) is 12.0 Å². The first-order valence-corrected chi connectivity index (χ1v) is 11.2. The minimum atomic E-state index is -3.65. The van der Waals surface area contributed by atoms with Crippen LogP contribution in [-0.2, 0) is 26.5 Å². The van der Waals surface area contributed by atoms with Crippen LogP contribution in [-0.4, -0.2) is 29.1 Å². The summed E-state index contributed by atoms with van der Waals surface area (Å²) in [5, 5.41) is 0. The summed E-state index contributed by atoms with van der Waals surface area (Å²) in [6, 6.07) is 13.2. The van der Waals surface area contributed by atoms with Gasteiger partial charge in [-0.3, -0.25) is 9.03 Å². The lowest BCUT2D eigenvalue weighted by Crippen LogP contribution is -2.35. The number of hydrogen-bond donors (Lipinski definition) is 1. The summed E-state index contributed by atoms with van der Waals surface area (Å²) in [5.74, 6) is -0.182. The standard InChI is InChI=1S/C18H20N2O4S2/c1-2-13-25(21,22)19-16-10-11-18-15(14-16)7-6-12-20(18)26(23,24)17-8-4-3-5-9-17/h2-5,8-11,14,19H,1,6-7,12-13H2. The molecule has 2 aromatic carbocycles. The zero-order chi connectivity index (χ0) is 18.8. The van der Waals surface area contributed by atoms with Gasteiger partial charge >= 0.3 is 0 Å². The van der Waals surface area contributed by atoms with Crippen molar-refractivity contribution in [3.8, 4) is 0 Å². The molecule has 0 unspecified atom stereocenters. The predicted molar refractivity (Wildman–Crippen MR) is 103 cm³/mol. The highest BCUT2D eigenvalue weighted by Crippen LogP contribution is 2.33. The second kappa shape index (κ2) is 7.13. The van der Waals surface area contributed by atoms with Crippen LogP contribution in [0, 0.1) is 0 Å². The first-order valence-electron chi connectivity index (χ1n) is 8.15. The summed E-state index contributed by atoms with van der Waals surface area (Å²) in [4.78, 5) is 0.239. The van der Waals surface area contributed by atoms with E-state index in [2.05, 4.69) is 11.3 Å². The van der Waals surface area contributed by atoms with Crippen LogP contribution in [0.15, 0.2) is 66.1 Å². The Hall–Kier alpha value is -2.32. The number of aryl methyl sites for hydroxylation is 1. The van der Waals surface area contributed by atoms with E-state index >= 15 is 0 Å². The van der Waals surface area contributed by atoms with Crippen molar-refractivity contribution in [2.24, 2.45) is 0 Å². The molecule has 2 aromatic rings. The molecule has 138 valence electrons. The van der Waals surface area contributed by atoms with E-state index in [0.29, 0.717) is 30.8 Å². The van der Waals surface area contributed by atoms with E-state index in [1.807, 2.05) is 0 Å². The maximum absolute atomic E-state index is 13.0. The number of hydrogen-bond acceptors (Lipinski definition) is 4. The van der Waals surface area contributed by atoms with Gasteiger partial charge in [0.2, 0.25) is 10.0 Å². The zero-order valence-electron chi connectivity index (χ0n) is 14.1. The van der Waals surface area contributed by atoms with Crippen LogP contribution in [0.5, 0.6) is 0 Å². The summed E-state index contributed by atoms with van der Waals surface area (Å²) >= 11 is 0. The average molecular weight is 393 g/mol. The summed E-state index contributed by atoms with van der Waals surface area (Å²) in [6.45, 7) is 3.83. The molecular formula is C18H20N2O4S2. The Morgan fingerprint density at radius 1 is 1.08 bits per heavy atom. The normalized spacial score (nSPS) is 14.5. The Morgan fingerprint density at radius 2 is 1.81 bits per heavy atom. The molecule has 0 saturated carbocycles. The lowest BCUT2D eigenvalue weighted by atomic mass is 10.0. The Labute approximate surface area is 154 Å². The minimum absolute atomic E-state index is 0.182. The first kappa shape index (κ1) is 18.5. The molecule has 6 nitrogen and oxygen atoms in total. The van der Waals surface area contributed by atoms with Crippen molar-refractivity contribution in [2.45, 2.75) is 17.7 Å². The molecule has 0 aliphatic carbocycles. The first-order chi connectivity index (χ1) is 12.3. The molecule has 1 heterocycles. The number of nitrogens with zero attached hydrogens (tertiary/aromatic N) is 1. The van der Waals surface area contributed by atoms with Gasteiger partial charge in [0.15, 0.2) is 0 Å². The molecule has 0 spiro atoms. The fourth-order valence-corrected chi connectivity index (χ4v) is 5.41. The quantitative estimate of drug-likeness (QED) is 0.766. The molecule has 26 heavy (non-hydrogen) atoms. The van der Waals surface area contributed by atoms with Gasteiger partial charge in [-0.15, -0.1) is 6.58 Å². The second-order valence-electron chi connectivity index (χ2n) is 6.01. The summed E-state index contributed by atoms with van der Waals surface area (Å²) in [5.41, 5.74) is 1.81. The van der Waals surface area contributed by atoms with E-state index in [4.69, 9.17) is 0 Å². The highest BCUT2D eigenvalue weighted by molar-refractivity contribution is 7.93. The van der Waals surface area contributed by atoms with Crippen LogP contribution in [0.3, 0.4) is 0 Å². The van der Waals surface area contributed by atoms with Crippen molar-refractivity contribution in [1.82, 2.24) is 0 Å². The van der Waals surface area contributed by atoms with Crippen molar-refractivity contribution in [2.75, 3.05) is 21.3 Å². The maximum Gasteiger partial charge on any atom is 0.264 e. The highest BCUT2D eigenvalue weighted by Gasteiger charge is 2.29. The lowest BCUT2D eigenvalue weighted by molar-refractivity contribution is 0.586. The number of sulfonamides is 2. The maximum atomic E-state index is 13.0. The molecular weight excluding hydrogens is 372 g/mol. The van der Waals surface area contributed by atoms with Crippen molar-refractivity contribution in [3.05, 3.63) is 66.7 Å². The van der Waals surface area contributed by atoms with Crippen LogP contribution in [0.2, 0.25) is 0 Å². The molecule has 0 aromatic heterocycles. The number of nitrogens with one attached hydrogen (secondary N) is 1. The molecule has 0 atom stereocenters. The van der Waals surface area contributed by atoms with Gasteiger partial charge in [-0.1, -0.05) is 24.3 Å². The number of rotatable bonds is 6. The SMILES string of the molecule is C=CCS(=O)(=O)Nc1ccc2c(c1)CCCN2S(=O)(=O)c1ccccc1. The van der Waals surface area contributed by atoms with E-state index in [1.165, 1.54) is 10.4 Å². The number of anilines is 2. The molecule has 0 radical (unpaired) electrons. The zero-order valence-corrected chi connectivity index (χ0v) is 15.8. The molecule has 0 amide bonds. The number of benzene rings is 2. The van der Waals surface area contributed by atoms with Gasteiger partial charge in [-0.05, 0) is 48.7 Å². The molecule has 8 heteroatoms. The lowest BCUT2D eigenvalue weighted by Gasteiger charge is -2.31. The van der Waals surface area contributed by atoms with Crippen LogP contribution in [0.4, 0.5) is 11.4 Å². The van der Waals surface area contributed by atoms with Gasteiger partial charge in [-0.2, -0.15) is 0 Å². The molecule has 0 fully saturated rings. The van der Waals surface area contributed by atoms with Crippen molar-refractivity contribution >= 4 is 31.4 Å². The Morgan fingerprint density at radius 3 is 2.50 bits per heavy atom. The summed E-state index contributed by atoms with van der Waals surface area (Å²) in [6.07, 6.45) is 2.67. The number of fused-ring (bicyclic) bond motifs is 1. The minimum Gasteiger partial charge on any atom is -0.283 e.